The first-order chi connectivity index (χ1) is 11.4. The Morgan fingerprint density at radius 1 is 0.920 bits per heavy atom. The number of para-hydroxylation sites is 1. The van der Waals surface area contributed by atoms with E-state index in [2.05, 4.69) is 60.6 Å². The molecule has 2 aromatic rings. The van der Waals surface area contributed by atoms with E-state index in [1.807, 2.05) is 0 Å². The highest BCUT2D eigenvalue weighted by Crippen LogP contribution is 2.41. The molecule has 0 saturated heterocycles. The number of hydrogen-bond donors (Lipinski definition) is 1. The quantitative estimate of drug-likeness (QED) is 0.579. The van der Waals surface area contributed by atoms with Gasteiger partial charge in [-0.25, -0.2) is 4.79 Å². The number of phenolic OH excluding ortho intramolecular Hbond substituents is 1. The second kappa shape index (κ2) is 6.55. The van der Waals surface area contributed by atoms with Crippen LogP contribution in [0.3, 0.4) is 0 Å². The van der Waals surface area contributed by atoms with Gasteiger partial charge in [0.15, 0.2) is 0 Å². The van der Waals surface area contributed by atoms with Crippen LogP contribution in [0.5, 0.6) is 11.5 Å². The molecule has 25 heavy (non-hydrogen) atoms. The maximum Gasteiger partial charge on any atom is 0.347 e. The fourth-order valence-electron chi connectivity index (χ4n) is 2.79. The van der Waals surface area contributed by atoms with Crippen molar-refractivity contribution in [3.8, 4) is 11.5 Å². The number of ether oxygens (including phenoxy) is 1. The Morgan fingerprint density at radius 2 is 1.40 bits per heavy atom. The first-order valence-electron chi connectivity index (χ1n) is 8.57. The molecule has 0 spiro atoms. The van der Waals surface area contributed by atoms with Gasteiger partial charge >= 0.3 is 5.97 Å². The van der Waals surface area contributed by atoms with Crippen LogP contribution < -0.4 is 4.74 Å². The van der Waals surface area contributed by atoms with Crippen LogP contribution in [0, 0.1) is 6.92 Å². The smallest absolute Gasteiger partial charge is 0.347 e. The van der Waals surface area contributed by atoms with E-state index in [9.17, 15) is 9.90 Å². The molecule has 0 fully saturated rings. The molecule has 0 amide bonds. The fourth-order valence-corrected chi connectivity index (χ4v) is 2.79. The molecule has 3 nitrogen and oxygen atoms in total. The normalized spacial score (nSPS) is 12.1. The molecular weight excluding hydrogens is 312 g/mol. The molecule has 2 aromatic carbocycles. The number of esters is 1. The number of benzene rings is 2. The third-order valence-corrected chi connectivity index (χ3v) is 4.17. The second-order valence-corrected chi connectivity index (χ2v) is 8.60. The van der Waals surface area contributed by atoms with Crippen LogP contribution in [0.15, 0.2) is 36.4 Å². The Kier molecular flexibility index (Phi) is 4.99. The number of carbonyl (C=O) groups is 1. The van der Waals surface area contributed by atoms with Crippen molar-refractivity contribution < 1.29 is 14.6 Å². The van der Waals surface area contributed by atoms with E-state index in [1.54, 1.807) is 18.2 Å². The van der Waals surface area contributed by atoms with Crippen LogP contribution in [0.4, 0.5) is 0 Å². The average molecular weight is 340 g/mol. The zero-order chi connectivity index (χ0) is 19.0. The SMILES string of the molecule is Cc1cc(C(C)(C)C)c(OC(=O)c2ccccc2O)c(C(C)(C)C)c1. The molecule has 0 aromatic heterocycles. The molecule has 0 unspecified atom stereocenters. The number of carbonyl (C=O) groups excluding carboxylic acids is 1. The summed E-state index contributed by atoms with van der Waals surface area (Å²) in [6.07, 6.45) is 0. The number of aromatic hydroxyl groups is 1. The van der Waals surface area contributed by atoms with Gasteiger partial charge < -0.3 is 9.84 Å². The summed E-state index contributed by atoms with van der Waals surface area (Å²) in [5.74, 6) is -0.0222. The Hall–Kier alpha value is -2.29. The zero-order valence-electron chi connectivity index (χ0n) is 16.2. The molecule has 2 rings (SSSR count). The number of rotatable bonds is 2. The monoisotopic (exact) mass is 340 g/mol. The minimum absolute atomic E-state index is 0.0748. The van der Waals surface area contributed by atoms with Gasteiger partial charge in [0.05, 0.1) is 0 Å². The van der Waals surface area contributed by atoms with Gasteiger partial charge in [-0.1, -0.05) is 71.4 Å². The molecule has 1 N–H and O–H groups in total. The minimum Gasteiger partial charge on any atom is -0.507 e. The van der Waals surface area contributed by atoms with E-state index in [4.69, 9.17) is 4.74 Å². The van der Waals surface area contributed by atoms with Crippen molar-refractivity contribution in [2.24, 2.45) is 0 Å². The summed E-state index contributed by atoms with van der Waals surface area (Å²) in [5.41, 5.74) is 2.92. The molecule has 134 valence electrons. The van der Waals surface area contributed by atoms with Gasteiger partial charge in [0.25, 0.3) is 0 Å². The van der Waals surface area contributed by atoms with Crippen molar-refractivity contribution in [2.75, 3.05) is 0 Å². The van der Waals surface area contributed by atoms with E-state index in [0.717, 1.165) is 16.7 Å². The van der Waals surface area contributed by atoms with Gasteiger partial charge in [-0.2, -0.15) is 0 Å². The molecule has 3 heteroatoms. The summed E-state index contributed by atoms with van der Waals surface area (Å²) in [7, 11) is 0. The average Bonchev–Trinajstić information content (AvgIpc) is 2.46. The maximum absolute atomic E-state index is 12.7. The number of aryl methyl sites for hydroxylation is 1. The third-order valence-electron chi connectivity index (χ3n) is 4.17. The molecule has 0 bridgehead atoms. The van der Waals surface area contributed by atoms with E-state index in [-0.39, 0.29) is 22.1 Å². The van der Waals surface area contributed by atoms with Crippen LogP contribution >= 0.6 is 0 Å². The molecule has 0 saturated carbocycles. The molecule has 0 heterocycles. The van der Waals surface area contributed by atoms with Gasteiger partial charge in [0, 0.05) is 11.1 Å². The molecule has 0 radical (unpaired) electrons. The summed E-state index contributed by atoms with van der Waals surface area (Å²) < 4.78 is 5.85. The lowest BCUT2D eigenvalue weighted by Gasteiger charge is -2.29. The summed E-state index contributed by atoms with van der Waals surface area (Å²) >= 11 is 0. The largest absolute Gasteiger partial charge is 0.507 e. The predicted molar refractivity (Wildman–Crippen MR) is 102 cm³/mol. The van der Waals surface area contributed by atoms with E-state index < -0.39 is 5.97 Å². The maximum atomic E-state index is 12.7. The van der Waals surface area contributed by atoms with Crippen LogP contribution in [-0.4, -0.2) is 11.1 Å². The lowest BCUT2D eigenvalue weighted by atomic mass is 9.78. The van der Waals surface area contributed by atoms with Gasteiger partial charge in [-0.15, -0.1) is 0 Å². The van der Waals surface area contributed by atoms with Gasteiger partial charge in [0.1, 0.15) is 17.1 Å². The molecule has 0 aliphatic carbocycles. The zero-order valence-corrected chi connectivity index (χ0v) is 16.2. The van der Waals surface area contributed by atoms with Crippen molar-refractivity contribution in [1.29, 1.82) is 0 Å². The van der Waals surface area contributed by atoms with Crippen molar-refractivity contribution in [3.63, 3.8) is 0 Å². The van der Waals surface area contributed by atoms with Gasteiger partial charge in [0.2, 0.25) is 0 Å². The molecule has 0 aliphatic rings. The van der Waals surface area contributed by atoms with E-state index >= 15 is 0 Å². The highest BCUT2D eigenvalue weighted by molar-refractivity contribution is 5.94. The lowest BCUT2D eigenvalue weighted by molar-refractivity contribution is 0.0725. The Morgan fingerprint density at radius 3 is 1.84 bits per heavy atom. The van der Waals surface area contributed by atoms with Gasteiger partial charge in [-0.3, -0.25) is 0 Å². The fraction of sp³-hybridized carbons (Fsp3) is 0.409. The number of hydrogen-bond acceptors (Lipinski definition) is 3. The summed E-state index contributed by atoms with van der Waals surface area (Å²) in [6.45, 7) is 14.7. The number of phenols is 1. The summed E-state index contributed by atoms with van der Waals surface area (Å²) in [6, 6.07) is 10.6. The highest BCUT2D eigenvalue weighted by Gasteiger charge is 2.29. The van der Waals surface area contributed by atoms with Crippen molar-refractivity contribution in [3.05, 3.63) is 58.7 Å². The first-order valence-corrected chi connectivity index (χ1v) is 8.57. The predicted octanol–water partition coefficient (Wildman–Crippen LogP) is 5.51. The van der Waals surface area contributed by atoms with Crippen LogP contribution in [0.2, 0.25) is 0 Å². The topological polar surface area (TPSA) is 46.5 Å². The van der Waals surface area contributed by atoms with Crippen LogP contribution in [0.25, 0.3) is 0 Å². The minimum atomic E-state index is -0.544. The summed E-state index contributed by atoms with van der Waals surface area (Å²) in [4.78, 5) is 12.7. The first kappa shape index (κ1) is 19.0. The molecule has 0 aliphatic heterocycles. The lowest BCUT2D eigenvalue weighted by Crippen LogP contribution is -2.22. The Balaban J connectivity index is 2.62. The van der Waals surface area contributed by atoms with Gasteiger partial charge in [-0.05, 0) is 29.9 Å². The molecule has 0 atom stereocenters. The molecular formula is C22H28O3. The Bertz CT molecular complexity index is 755. The van der Waals surface area contributed by atoms with Crippen molar-refractivity contribution in [2.45, 2.75) is 59.3 Å². The third kappa shape index (κ3) is 4.22. The van der Waals surface area contributed by atoms with Crippen molar-refractivity contribution >= 4 is 5.97 Å². The van der Waals surface area contributed by atoms with E-state index in [0.29, 0.717) is 5.75 Å². The second-order valence-electron chi connectivity index (χ2n) is 8.60. The standard InChI is InChI=1S/C22H28O3/c1-14-12-16(21(2,3)4)19(17(13-14)22(5,6)7)25-20(24)15-10-8-9-11-18(15)23/h8-13,23H,1-7H3. The van der Waals surface area contributed by atoms with E-state index in [1.165, 1.54) is 6.07 Å². The highest BCUT2D eigenvalue weighted by atomic mass is 16.5. The van der Waals surface area contributed by atoms with Crippen LogP contribution in [0.1, 0.15) is 68.6 Å². The summed E-state index contributed by atoms with van der Waals surface area (Å²) in [5, 5.41) is 9.96. The van der Waals surface area contributed by atoms with Crippen LogP contribution in [-0.2, 0) is 10.8 Å². The Labute approximate surface area is 150 Å². The van der Waals surface area contributed by atoms with Crippen molar-refractivity contribution in [1.82, 2.24) is 0 Å².